The minimum atomic E-state index is -1.08. The van der Waals surface area contributed by atoms with Crippen molar-refractivity contribution in [3.8, 4) is 0 Å². The Morgan fingerprint density at radius 3 is 2.92 bits per heavy atom. The van der Waals surface area contributed by atoms with E-state index in [1.165, 1.54) is 0 Å². The van der Waals surface area contributed by atoms with Crippen LogP contribution in [-0.4, -0.2) is 33.8 Å². The third kappa shape index (κ3) is 2.00. The Kier molecular flexibility index (Phi) is 2.71. The number of anilines is 1. The number of hydrogen-bond donors (Lipinski definition) is 4. The number of aliphatic carboxylic acids is 1. The van der Waals surface area contributed by atoms with Crippen LogP contribution in [0.5, 0.6) is 0 Å². The molecule has 1 heterocycles. The maximum Gasteiger partial charge on any atom is 0.328 e. The molecular formula is C7H10N2O3. The minimum Gasteiger partial charge on any atom is -0.480 e. The highest BCUT2D eigenvalue weighted by atomic mass is 16.4. The van der Waals surface area contributed by atoms with Crippen LogP contribution in [0, 0.1) is 0 Å². The average molecular weight is 170 g/mol. The van der Waals surface area contributed by atoms with Gasteiger partial charge in [0.1, 0.15) is 11.9 Å². The van der Waals surface area contributed by atoms with Crippen molar-refractivity contribution in [1.29, 1.82) is 0 Å². The summed E-state index contributed by atoms with van der Waals surface area (Å²) in [6, 6.07) is 2.47. The fourth-order valence-corrected chi connectivity index (χ4v) is 0.793. The topological polar surface area (TPSA) is 85.3 Å². The number of aromatic nitrogens is 1. The first-order valence-corrected chi connectivity index (χ1v) is 3.47. The normalized spacial score (nSPS) is 12.4. The van der Waals surface area contributed by atoms with Crippen LogP contribution in [0.2, 0.25) is 0 Å². The predicted octanol–water partition coefficient (Wildman–Crippen LogP) is -0.128. The second-order valence-corrected chi connectivity index (χ2v) is 2.30. The SMILES string of the molecule is O=C(O)[C@H](CO)Nc1ccc[nH]1. The van der Waals surface area contributed by atoms with Crippen LogP contribution in [0.4, 0.5) is 5.82 Å². The van der Waals surface area contributed by atoms with Gasteiger partial charge in [0.2, 0.25) is 0 Å². The molecule has 12 heavy (non-hydrogen) atoms. The van der Waals surface area contributed by atoms with Crippen molar-refractivity contribution in [2.24, 2.45) is 0 Å². The van der Waals surface area contributed by atoms with Crippen molar-refractivity contribution in [3.63, 3.8) is 0 Å². The average Bonchev–Trinajstić information content (AvgIpc) is 2.51. The Morgan fingerprint density at radius 2 is 2.50 bits per heavy atom. The molecule has 4 N–H and O–H groups in total. The number of rotatable bonds is 4. The van der Waals surface area contributed by atoms with Crippen LogP contribution >= 0.6 is 0 Å². The monoisotopic (exact) mass is 170 g/mol. The molecule has 0 unspecified atom stereocenters. The number of hydrogen-bond acceptors (Lipinski definition) is 3. The summed E-state index contributed by atoms with van der Waals surface area (Å²) < 4.78 is 0. The predicted molar refractivity (Wildman–Crippen MR) is 42.9 cm³/mol. The molecule has 0 aliphatic heterocycles. The summed E-state index contributed by atoms with van der Waals surface area (Å²) in [5, 5.41) is 19.8. The first-order valence-electron chi connectivity index (χ1n) is 3.47. The quantitative estimate of drug-likeness (QED) is 0.507. The summed E-state index contributed by atoms with van der Waals surface area (Å²) in [6.07, 6.45) is 1.67. The molecule has 1 atom stereocenters. The van der Waals surface area contributed by atoms with E-state index in [-0.39, 0.29) is 0 Å². The standard InChI is InChI=1S/C7H10N2O3/c10-4-5(7(11)12)9-6-2-1-3-8-6/h1-3,5,8-10H,4H2,(H,11,12)/t5-/m0/s1. The van der Waals surface area contributed by atoms with Crippen LogP contribution in [0.1, 0.15) is 0 Å². The van der Waals surface area contributed by atoms with E-state index < -0.39 is 18.6 Å². The van der Waals surface area contributed by atoms with Gasteiger partial charge in [-0.2, -0.15) is 0 Å². The summed E-state index contributed by atoms with van der Waals surface area (Å²) in [5.41, 5.74) is 0. The van der Waals surface area contributed by atoms with E-state index in [1.54, 1.807) is 18.3 Å². The summed E-state index contributed by atoms with van der Waals surface area (Å²) >= 11 is 0. The maximum atomic E-state index is 10.4. The van der Waals surface area contributed by atoms with E-state index in [0.29, 0.717) is 5.82 Å². The molecule has 0 aliphatic carbocycles. The van der Waals surface area contributed by atoms with Crippen LogP contribution in [-0.2, 0) is 4.79 Å². The van der Waals surface area contributed by atoms with Gasteiger partial charge < -0.3 is 20.5 Å². The molecule has 1 rings (SSSR count). The van der Waals surface area contributed by atoms with Gasteiger partial charge in [0, 0.05) is 6.20 Å². The molecule has 0 aliphatic rings. The number of carboxylic acids is 1. The van der Waals surface area contributed by atoms with Crippen LogP contribution in [0.15, 0.2) is 18.3 Å². The molecule has 0 fully saturated rings. The molecule has 1 aromatic rings. The van der Waals surface area contributed by atoms with E-state index >= 15 is 0 Å². The molecule has 0 radical (unpaired) electrons. The Morgan fingerprint density at radius 1 is 1.75 bits per heavy atom. The van der Waals surface area contributed by atoms with E-state index in [9.17, 15) is 4.79 Å². The van der Waals surface area contributed by atoms with Crippen molar-refractivity contribution in [3.05, 3.63) is 18.3 Å². The number of H-pyrrole nitrogens is 1. The molecule has 5 heteroatoms. The third-order valence-electron chi connectivity index (χ3n) is 1.41. The van der Waals surface area contributed by atoms with E-state index in [2.05, 4.69) is 10.3 Å². The van der Waals surface area contributed by atoms with Crippen molar-refractivity contribution in [2.75, 3.05) is 11.9 Å². The molecule has 5 nitrogen and oxygen atoms in total. The summed E-state index contributed by atoms with van der Waals surface area (Å²) in [4.78, 5) is 13.2. The lowest BCUT2D eigenvalue weighted by Gasteiger charge is -2.10. The fourth-order valence-electron chi connectivity index (χ4n) is 0.793. The maximum absolute atomic E-state index is 10.4. The third-order valence-corrected chi connectivity index (χ3v) is 1.41. The van der Waals surface area contributed by atoms with E-state index in [1.807, 2.05) is 0 Å². The second kappa shape index (κ2) is 3.77. The van der Waals surface area contributed by atoms with E-state index in [4.69, 9.17) is 10.2 Å². The molecule has 0 spiro atoms. The van der Waals surface area contributed by atoms with Gasteiger partial charge in [-0.3, -0.25) is 0 Å². The zero-order valence-corrected chi connectivity index (χ0v) is 6.32. The second-order valence-electron chi connectivity index (χ2n) is 2.30. The van der Waals surface area contributed by atoms with Crippen LogP contribution < -0.4 is 5.32 Å². The van der Waals surface area contributed by atoms with Gasteiger partial charge in [0.05, 0.1) is 6.61 Å². The number of aliphatic hydroxyl groups is 1. The zero-order chi connectivity index (χ0) is 8.97. The van der Waals surface area contributed by atoms with Crippen LogP contribution in [0.3, 0.4) is 0 Å². The molecule has 0 saturated heterocycles. The highest BCUT2D eigenvalue weighted by molar-refractivity contribution is 5.76. The molecule has 66 valence electrons. The lowest BCUT2D eigenvalue weighted by molar-refractivity contribution is -0.138. The zero-order valence-electron chi connectivity index (χ0n) is 6.32. The van der Waals surface area contributed by atoms with Gasteiger partial charge in [-0.15, -0.1) is 0 Å². The Labute approximate surface area is 69.0 Å². The van der Waals surface area contributed by atoms with Crippen molar-refractivity contribution in [2.45, 2.75) is 6.04 Å². The number of nitrogens with one attached hydrogen (secondary N) is 2. The van der Waals surface area contributed by atoms with Gasteiger partial charge >= 0.3 is 5.97 Å². The van der Waals surface area contributed by atoms with Crippen molar-refractivity contribution < 1.29 is 15.0 Å². The molecule has 0 saturated carbocycles. The van der Waals surface area contributed by atoms with Gasteiger partial charge in [0.25, 0.3) is 0 Å². The number of aromatic amines is 1. The molecular weight excluding hydrogens is 160 g/mol. The molecule has 1 aromatic heterocycles. The van der Waals surface area contributed by atoms with Gasteiger partial charge in [-0.05, 0) is 12.1 Å². The summed E-state index contributed by atoms with van der Waals surface area (Å²) in [7, 11) is 0. The fraction of sp³-hybridized carbons (Fsp3) is 0.286. The van der Waals surface area contributed by atoms with Crippen LogP contribution in [0.25, 0.3) is 0 Å². The first kappa shape index (κ1) is 8.61. The van der Waals surface area contributed by atoms with Crippen molar-refractivity contribution >= 4 is 11.8 Å². The Bertz CT molecular complexity index is 245. The smallest absolute Gasteiger partial charge is 0.328 e. The summed E-state index contributed by atoms with van der Waals surface area (Å²) in [6.45, 7) is -0.436. The molecule has 0 aromatic carbocycles. The first-order chi connectivity index (χ1) is 5.74. The van der Waals surface area contributed by atoms with Gasteiger partial charge in [-0.1, -0.05) is 0 Å². The lowest BCUT2D eigenvalue weighted by Crippen LogP contribution is -2.32. The van der Waals surface area contributed by atoms with Crippen molar-refractivity contribution in [1.82, 2.24) is 4.98 Å². The molecule has 0 bridgehead atoms. The number of carbonyl (C=O) groups is 1. The minimum absolute atomic E-state index is 0.436. The highest BCUT2D eigenvalue weighted by Crippen LogP contribution is 2.03. The largest absolute Gasteiger partial charge is 0.480 e. The number of aliphatic hydroxyl groups excluding tert-OH is 1. The highest BCUT2D eigenvalue weighted by Gasteiger charge is 2.15. The Hall–Kier alpha value is -1.49. The lowest BCUT2D eigenvalue weighted by atomic mass is 10.3. The number of carboxylic acid groups (broad SMARTS) is 1. The molecule has 0 amide bonds. The van der Waals surface area contributed by atoms with E-state index in [0.717, 1.165) is 0 Å². The van der Waals surface area contributed by atoms with Gasteiger partial charge in [-0.25, -0.2) is 4.79 Å². The summed E-state index contributed by atoms with van der Waals surface area (Å²) in [5.74, 6) is -0.497. The Balaban J connectivity index is 2.54. The van der Waals surface area contributed by atoms with Gasteiger partial charge in [0.15, 0.2) is 0 Å².